The van der Waals surface area contributed by atoms with Crippen molar-refractivity contribution in [3.05, 3.63) is 101 Å². The van der Waals surface area contributed by atoms with Crippen molar-refractivity contribution in [3.63, 3.8) is 0 Å². The monoisotopic (exact) mass is 456 g/mol. The topological polar surface area (TPSA) is 78.4 Å². The Bertz CT molecular complexity index is 1130. The number of aliphatic carboxylic acids is 1. The zero-order valence-electron chi connectivity index (χ0n) is 19.7. The van der Waals surface area contributed by atoms with Crippen molar-refractivity contribution in [2.45, 2.75) is 51.1 Å². The van der Waals surface area contributed by atoms with Gasteiger partial charge in [0.25, 0.3) is 0 Å². The molecule has 4 rings (SSSR count). The van der Waals surface area contributed by atoms with Crippen molar-refractivity contribution in [3.8, 4) is 0 Å². The first-order chi connectivity index (χ1) is 16.4. The molecule has 0 aliphatic carbocycles. The summed E-state index contributed by atoms with van der Waals surface area (Å²) in [5, 5.41) is 16.2. The molecular formula is C29H32N2O3. The third-order valence-corrected chi connectivity index (χ3v) is 6.62. The van der Waals surface area contributed by atoms with E-state index >= 15 is 0 Å². The maximum absolute atomic E-state index is 13.4. The minimum absolute atomic E-state index is 0.0915. The van der Waals surface area contributed by atoms with Crippen LogP contribution in [0.5, 0.6) is 0 Å². The standard InChI is InChI=1S/C29H32N2O3/c1-19(2)22-14-12-21(13-15-22)16-24-18-23-10-6-7-11-25(23)31-28(32)27(24)30-26(29(33)34)17-20-8-4-3-5-9-20/h3-15,19,24,26-27,30H,16-18H2,1-2H3,(H,31,32)(H,33,34)/t24?,26-,27?/m0/s1. The van der Waals surface area contributed by atoms with E-state index in [-0.39, 0.29) is 11.8 Å². The molecule has 0 aromatic heterocycles. The first kappa shape index (κ1) is 23.7. The van der Waals surface area contributed by atoms with E-state index in [4.69, 9.17) is 0 Å². The lowest BCUT2D eigenvalue weighted by Gasteiger charge is -2.28. The summed E-state index contributed by atoms with van der Waals surface area (Å²) >= 11 is 0. The van der Waals surface area contributed by atoms with Gasteiger partial charge in [-0.3, -0.25) is 14.9 Å². The molecule has 1 amide bonds. The number of carbonyl (C=O) groups is 2. The highest BCUT2D eigenvalue weighted by Crippen LogP contribution is 2.28. The number of rotatable bonds is 8. The summed E-state index contributed by atoms with van der Waals surface area (Å²) in [7, 11) is 0. The van der Waals surface area contributed by atoms with Gasteiger partial charge < -0.3 is 10.4 Å². The predicted molar refractivity (Wildman–Crippen MR) is 135 cm³/mol. The molecule has 3 aromatic carbocycles. The molecule has 0 fully saturated rings. The minimum Gasteiger partial charge on any atom is -0.480 e. The Labute approximate surface area is 201 Å². The van der Waals surface area contributed by atoms with Crippen LogP contribution in [0.25, 0.3) is 0 Å². The molecule has 5 nitrogen and oxygen atoms in total. The van der Waals surface area contributed by atoms with Crippen molar-refractivity contribution in [2.24, 2.45) is 5.92 Å². The number of fused-ring (bicyclic) bond motifs is 1. The smallest absolute Gasteiger partial charge is 0.321 e. The van der Waals surface area contributed by atoms with Gasteiger partial charge in [-0.15, -0.1) is 0 Å². The number of anilines is 1. The van der Waals surface area contributed by atoms with Gasteiger partial charge in [0.2, 0.25) is 5.91 Å². The summed E-state index contributed by atoms with van der Waals surface area (Å²) in [4.78, 5) is 25.5. The predicted octanol–water partition coefficient (Wildman–Crippen LogP) is 4.82. The molecule has 3 aromatic rings. The average molecular weight is 457 g/mol. The van der Waals surface area contributed by atoms with Crippen molar-refractivity contribution in [1.82, 2.24) is 5.32 Å². The number of benzene rings is 3. The zero-order valence-corrected chi connectivity index (χ0v) is 19.7. The van der Waals surface area contributed by atoms with E-state index in [1.165, 1.54) is 5.56 Å². The summed E-state index contributed by atoms with van der Waals surface area (Å²) in [6.45, 7) is 4.33. The normalized spacial score (nSPS) is 18.6. The molecule has 5 heteroatoms. The molecule has 1 heterocycles. The summed E-state index contributed by atoms with van der Waals surface area (Å²) in [5.74, 6) is -0.786. The first-order valence-electron chi connectivity index (χ1n) is 11.9. The fourth-order valence-electron chi connectivity index (χ4n) is 4.67. The summed E-state index contributed by atoms with van der Waals surface area (Å²) in [5.41, 5.74) is 5.20. The molecular weight excluding hydrogens is 424 g/mol. The van der Waals surface area contributed by atoms with E-state index < -0.39 is 18.1 Å². The lowest BCUT2D eigenvalue weighted by atomic mass is 9.85. The van der Waals surface area contributed by atoms with Crippen LogP contribution in [-0.2, 0) is 28.9 Å². The van der Waals surface area contributed by atoms with Gasteiger partial charge in [-0.1, -0.05) is 86.6 Å². The number of carboxylic acids is 1. The van der Waals surface area contributed by atoms with Gasteiger partial charge in [0, 0.05) is 5.69 Å². The second kappa shape index (κ2) is 10.7. The second-order valence-corrected chi connectivity index (χ2v) is 9.44. The lowest BCUT2D eigenvalue weighted by Crippen LogP contribution is -2.53. The molecule has 0 spiro atoms. The average Bonchev–Trinajstić information content (AvgIpc) is 2.95. The number of carbonyl (C=O) groups excluding carboxylic acids is 1. The van der Waals surface area contributed by atoms with E-state index in [0.717, 1.165) is 22.4 Å². The van der Waals surface area contributed by atoms with Gasteiger partial charge in [0.05, 0.1) is 6.04 Å². The first-order valence-corrected chi connectivity index (χ1v) is 11.9. The van der Waals surface area contributed by atoms with Crippen molar-refractivity contribution >= 4 is 17.6 Å². The molecule has 0 bridgehead atoms. The van der Waals surface area contributed by atoms with Crippen LogP contribution in [0.3, 0.4) is 0 Å². The Kier molecular flexibility index (Phi) is 7.43. The number of hydrogen-bond acceptors (Lipinski definition) is 3. The van der Waals surface area contributed by atoms with Gasteiger partial charge in [-0.25, -0.2) is 0 Å². The molecule has 176 valence electrons. The molecule has 0 saturated heterocycles. The van der Waals surface area contributed by atoms with Gasteiger partial charge in [0.15, 0.2) is 0 Å². The molecule has 0 radical (unpaired) electrons. The number of hydrogen-bond donors (Lipinski definition) is 3. The third-order valence-electron chi connectivity index (χ3n) is 6.62. The highest BCUT2D eigenvalue weighted by molar-refractivity contribution is 5.97. The molecule has 0 saturated carbocycles. The van der Waals surface area contributed by atoms with Gasteiger partial charge in [-0.2, -0.15) is 0 Å². The van der Waals surface area contributed by atoms with E-state index in [1.807, 2.05) is 54.6 Å². The highest BCUT2D eigenvalue weighted by Gasteiger charge is 2.35. The van der Waals surface area contributed by atoms with Crippen LogP contribution in [-0.4, -0.2) is 29.1 Å². The van der Waals surface area contributed by atoms with Crippen molar-refractivity contribution in [1.29, 1.82) is 0 Å². The largest absolute Gasteiger partial charge is 0.480 e. The van der Waals surface area contributed by atoms with Crippen LogP contribution >= 0.6 is 0 Å². The number of carboxylic acid groups (broad SMARTS) is 1. The Balaban J connectivity index is 1.62. The maximum Gasteiger partial charge on any atom is 0.321 e. The van der Waals surface area contributed by atoms with Crippen LogP contribution in [0.15, 0.2) is 78.9 Å². The van der Waals surface area contributed by atoms with E-state index in [9.17, 15) is 14.7 Å². The lowest BCUT2D eigenvalue weighted by molar-refractivity contribution is -0.140. The summed E-state index contributed by atoms with van der Waals surface area (Å²) < 4.78 is 0. The fraction of sp³-hybridized carbons (Fsp3) is 0.310. The van der Waals surface area contributed by atoms with Crippen LogP contribution in [0.2, 0.25) is 0 Å². The van der Waals surface area contributed by atoms with Crippen molar-refractivity contribution < 1.29 is 14.7 Å². The number of nitrogens with one attached hydrogen (secondary N) is 2. The third kappa shape index (κ3) is 5.72. The van der Waals surface area contributed by atoms with Gasteiger partial charge >= 0.3 is 5.97 Å². The Morgan fingerprint density at radius 3 is 2.32 bits per heavy atom. The highest BCUT2D eigenvalue weighted by atomic mass is 16.4. The summed E-state index contributed by atoms with van der Waals surface area (Å²) in [6, 6.07) is 24.4. The van der Waals surface area contributed by atoms with Gasteiger partial charge in [-0.05, 0) is 59.4 Å². The van der Waals surface area contributed by atoms with Crippen LogP contribution in [0.1, 0.15) is 42.0 Å². The van der Waals surface area contributed by atoms with E-state index in [1.54, 1.807) is 0 Å². The number of amides is 1. The maximum atomic E-state index is 13.4. The van der Waals surface area contributed by atoms with E-state index in [2.05, 4.69) is 48.7 Å². The number of para-hydroxylation sites is 1. The molecule has 2 unspecified atom stereocenters. The minimum atomic E-state index is -0.960. The molecule has 1 aliphatic heterocycles. The zero-order chi connectivity index (χ0) is 24.1. The fourth-order valence-corrected chi connectivity index (χ4v) is 4.67. The Morgan fingerprint density at radius 2 is 1.65 bits per heavy atom. The Hall–Kier alpha value is -3.44. The summed E-state index contributed by atoms with van der Waals surface area (Å²) in [6.07, 6.45) is 1.66. The van der Waals surface area contributed by atoms with Crippen molar-refractivity contribution in [2.75, 3.05) is 5.32 Å². The molecule has 3 atom stereocenters. The van der Waals surface area contributed by atoms with Crippen LogP contribution in [0, 0.1) is 5.92 Å². The van der Waals surface area contributed by atoms with E-state index in [0.29, 0.717) is 25.2 Å². The second-order valence-electron chi connectivity index (χ2n) is 9.44. The molecule has 3 N–H and O–H groups in total. The van der Waals surface area contributed by atoms with Crippen LogP contribution in [0.4, 0.5) is 5.69 Å². The molecule has 1 aliphatic rings. The van der Waals surface area contributed by atoms with Gasteiger partial charge in [0.1, 0.15) is 6.04 Å². The molecule has 34 heavy (non-hydrogen) atoms. The van der Waals surface area contributed by atoms with Crippen LogP contribution < -0.4 is 10.6 Å². The SMILES string of the molecule is CC(C)c1ccc(CC2Cc3ccccc3NC(=O)C2N[C@@H](Cc2ccccc2)C(=O)O)cc1. The Morgan fingerprint density at radius 1 is 0.971 bits per heavy atom. The quantitative estimate of drug-likeness (QED) is 0.454.